The first-order valence-corrected chi connectivity index (χ1v) is 6.64. The van der Waals surface area contributed by atoms with E-state index >= 15 is 0 Å². The van der Waals surface area contributed by atoms with Gasteiger partial charge in [0.2, 0.25) is 0 Å². The normalized spacial score (nSPS) is 10.3. The lowest BCUT2D eigenvalue weighted by Crippen LogP contribution is -2.13. The molecule has 0 aliphatic rings. The molecule has 20 heavy (non-hydrogen) atoms. The standard InChI is InChI=1S/C13H21N3O4/c1-2-6-14-11-4-3-5-12(13(11)16(18)19)15-7-9-20-10-8-17/h3-5,14-15,17H,2,6-10H2,1H3. The van der Waals surface area contributed by atoms with Crippen molar-refractivity contribution in [1.29, 1.82) is 0 Å². The van der Waals surface area contributed by atoms with Gasteiger partial charge in [-0.05, 0) is 18.6 Å². The fourth-order valence-electron chi connectivity index (χ4n) is 1.71. The van der Waals surface area contributed by atoms with Crippen molar-refractivity contribution in [3.05, 3.63) is 28.3 Å². The van der Waals surface area contributed by atoms with Gasteiger partial charge in [-0.15, -0.1) is 0 Å². The van der Waals surface area contributed by atoms with E-state index in [1.165, 1.54) is 0 Å². The minimum Gasteiger partial charge on any atom is -0.394 e. The number of anilines is 2. The Morgan fingerprint density at radius 3 is 2.45 bits per heavy atom. The average molecular weight is 283 g/mol. The van der Waals surface area contributed by atoms with Crippen LogP contribution in [0.1, 0.15) is 13.3 Å². The molecule has 0 bridgehead atoms. The minimum atomic E-state index is -0.394. The molecule has 7 heteroatoms. The summed E-state index contributed by atoms with van der Waals surface area (Å²) in [6, 6.07) is 5.13. The van der Waals surface area contributed by atoms with E-state index in [1.807, 2.05) is 6.92 Å². The first kappa shape index (κ1) is 16.2. The van der Waals surface area contributed by atoms with Crippen LogP contribution in [0.2, 0.25) is 0 Å². The van der Waals surface area contributed by atoms with Crippen molar-refractivity contribution in [1.82, 2.24) is 0 Å². The van der Waals surface area contributed by atoms with Crippen LogP contribution < -0.4 is 10.6 Å². The largest absolute Gasteiger partial charge is 0.394 e. The Labute approximate surface area is 118 Å². The van der Waals surface area contributed by atoms with Gasteiger partial charge < -0.3 is 20.5 Å². The summed E-state index contributed by atoms with van der Waals surface area (Å²) in [4.78, 5) is 10.8. The quantitative estimate of drug-likeness (QED) is 0.344. The lowest BCUT2D eigenvalue weighted by molar-refractivity contribution is -0.383. The summed E-state index contributed by atoms with van der Waals surface area (Å²) in [5.41, 5.74) is 1.02. The van der Waals surface area contributed by atoms with Gasteiger partial charge in [-0.2, -0.15) is 0 Å². The fourth-order valence-corrected chi connectivity index (χ4v) is 1.71. The molecule has 0 spiro atoms. The summed E-state index contributed by atoms with van der Waals surface area (Å²) < 4.78 is 5.10. The summed E-state index contributed by atoms with van der Waals surface area (Å²) in [7, 11) is 0. The predicted molar refractivity (Wildman–Crippen MR) is 78.3 cm³/mol. The number of nitrogens with one attached hydrogen (secondary N) is 2. The van der Waals surface area contributed by atoms with Crippen LogP contribution in [0.3, 0.4) is 0 Å². The van der Waals surface area contributed by atoms with Gasteiger partial charge in [0.15, 0.2) is 0 Å². The fraction of sp³-hybridized carbons (Fsp3) is 0.538. The Morgan fingerprint density at radius 2 is 1.90 bits per heavy atom. The molecule has 7 nitrogen and oxygen atoms in total. The van der Waals surface area contributed by atoms with Crippen LogP contribution in [0.4, 0.5) is 17.1 Å². The third-order valence-electron chi connectivity index (χ3n) is 2.58. The molecule has 0 fully saturated rings. The van der Waals surface area contributed by atoms with E-state index in [9.17, 15) is 10.1 Å². The predicted octanol–water partition coefficient (Wildman–Crippen LogP) is 1.84. The third-order valence-corrected chi connectivity index (χ3v) is 2.58. The van der Waals surface area contributed by atoms with E-state index in [0.29, 0.717) is 31.1 Å². The molecule has 0 atom stereocenters. The third kappa shape index (κ3) is 5.02. The van der Waals surface area contributed by atoms with E-state index in [2.05, 4.69) is 10.6 Å². The van der Waals surface area contributed by atoms with E-state index in [0.717, 1.165) is 6.42 Å². The number of nitrogens with zero attached hydrogens (tertiary/aromatic N) is 1. The number of hydrogen-bond acceptors (Lipinski definition) is 6. The van der Waals surface area contributed by atoms with Crippen molar-refractivity contribution in [2.45, 2.75) is 13.3 Å². The number of aliphatic hydroxyl groups is 1. The Kier molecular flexibility index (Phi) is 7.38. The van der Waals surface area contributed by atoms with Crippen molar-refractivity contribution >= 4 is 17.1 Å². The number of aliphatic hydroxyl groups excluding tert-OH is 1. The number of benzene rings is 1. The lowest BCUT2D eigenvalue weighted by atomic mass is 10.2. The Hall–Kier alpha value is -1.86. The number of nitro benzene ring substituents is 1. The van der Waals surface area contributed by atoms with Crippen LogP contribution in [-0.2, 0) is 4.74 Å². The molecule has 0 amide bonds. The highest BCUT2D eigenvalue weighted by Crippen LogP contribution is 2.32. The van der Waals surface area contributed by atoms with Crippen LogP contribution >= 0.6 is 0 Å². The van der Waals surface area contributed by atoms with Gasteiger partial charge in [-0.3, -0.25) is 10.1 Å². The van der Waals surface area contributed by atoms with Crippen molar-refractivity contribution in [3.8, 4) is 0 Å². The number of nitro groups is 1. The highest BCUT2D eigenvalue weighted by atomic mass is 16.6. The zero-order valence-corrected chi connectivity index (χ0v) is 11.6. The molecule has 0 saturated heterocycles. The topological polar surface area (TPSA) is 96.7 Å². The zero-order chi connectivity index (χ0) is 14.8. The lowest BCUT2D eigenvalue weighted by Gasteiger charge is -2.11. The van der Waals surface area contributed by atoms with Gasteiger partial charge in [0.25, 0.3) is 0 Å². The number of ether oxygens (including phenoxy) is 1. The maximum atomic E-state index is 11.2. The van der Waals surface area contributed by atoms with Crippen LogP contribution in [0, 0.1) is 10.1 Å². The first-order valence-electron chi connectivity index (χ1n) is 6.64. The molecule has 3 N–H and O–H groups in total. The molecule has 0 unspecified atom stereocenters. The second-order valence-electron chi connectivity index (χ2n) is 4.15. The molecule has 0 radical (unpaired) electrons. The van der Waals surface area contributed by atoms with Crippen LogP contribution in [0.15, 0.2) is 18.2 Å². The SMILES string of the molecule is CCCNc1cccc(NCCOCCO)c1[N+](=O)[O-]. The Balaban J connectivity index is 2.71. The second-order valence-corrected chi connectivity index (χ2v) is 4.15. The summed E-state index contributed by atoms with van der Waals surface area (Å²) in [5.74, 6) is 0. The molecule has 112 valence electrons. The number of rotatable bonds is 10. The summed E-state index contributed by atoms with van der Waals surface area (Å²) in [5, 5.41) is 25.8. The van der Waals surface area contributed by atoms with Crippen LogP contribution in [-0.4, -0.2) is 42.9 Å². The van der Waals surface area contributed by atoms with Crippen molar-refractivity contribution < 1.29 is 14.8 Å². The van der Waals surface area contributed by atoms with Crippen LogP contribution in [0.5, 0.6) is 0 Å². The zero-order valence-electron chi connectivity index (χ0n) is 11.6. The van der Waals surface area contributed by atoms with Gasteiger partial charge in [-0.1, -0.05) is 13.0 Å². The van der Waals surface area contributed by atoms with Gasteiger partial charge in [0.1, 0.15) is 11.4 Å². The minimum absolute atomic E-state index is 0.0312. The second kappa shape index (κ2) is 9.11. The smallest absolute Gasteiger partial charge is 0.315 e. The molecule has 0 aliphatic heterocycles. The van der Waals surface area contributed by atoms with Gasteiger partial charge in [0.05, 0.1) is 24.7 Å². The highest BCUT2D eigenvalue weighted by molar-refractivity contribution is 5.76. The maximum Gasteiger partial charge on any atom is 0.315 e. The van der Waals surface area contributed by atoms with E-state index < -0.39 is 4.92 Å². The van der Waals surface area contributed by atoms with Crippen molar-refractivity contribution in [3.63, 3.8) is 0 Å². The molecule has 0 heterocycles. The van der Waals surface area contributed by atoms with Gasteiger partial charge in [-0.25, -0.2) is 0 Å². The van der Waals surface area contributed by atoms with E-state index in [1.54, 1.807) is 18.2 Å². The summed E-state index contributed by atoms with van der Waals surface area (Å²) in [6.45, 7) is 3.74. The monoisotopic (exact) mass is 283 g/mol. The molecular formula is C13H21N3O4. The molecule has 0 saturated carbocycles. The maximum absolute atomic E-state index is 11.2. The van der Waals surface area contributed by atoms with E-state index in [4.69, 9.17) is 9.84 Å². The van der Waals surface area contributed by atoms with Crippen molar-refractivity contribution in [2.75, 3.05) is 43.5 Å². The number of hydrogen-bond donors (Lipinski definition) is 3. The van der Waals surface area contributed by atoms with Crippen molar-refractivity contribution in [2.24, 2.45) is 0 Å². The molecule has 0 aliphatic carbocycles. The Morgan fingerprint density at radius 1 is 1.25 bits per heavy atom. The number of para-hydroxylation sites is 1. The molecular weight excluding hydrogens is 262 g/mol. The van der Waals surface area contributed by atoms with E-state index in [-0.39, 0.29) is 18.9 Å². The first-order chi connectivity index (χ1) is 9.70. The molecule has 0 aromatic heterocycles. The highest BCUT2D eigenvalue weighted by Gasteiger charge is 2.18. The molecule has 1 rings (SSSR count). The molecule has 1 aromatic rings. The Bertz CT molecular complexity index is 426. The van der Waals surface area contributed by atoms with Gasteiger partial charge >= 0.3 is 5.69 Å². The summed E-state index contributed by atoms with van der Waals surface area (Å²) >= 11 is 0. The summed E-state index contributed by atoms with van der Waals surface area (Å²) in [6.07, 6.45) is 0.893. The van der Waals surface area contributed by atoms with Gasteiger partial charge in [0, 0.05) is 13.1 Å². The average Bonchev–Trinajstić information content (AvgIpc) is 2.44. The van der Waals surface area contributed by atoms with Crippen LogP contribution in [0.25, 0.3) is 0 Å². The molecule has 1 aromatic carbocycles.